The molecule has 1 saturated heterocycles. The molecule has 0 aliphatic carbocycles. The summed E-state index contributed by atoms with van der Waals surface area (Å²) >= 11 is 5.75. The lowest BCUT2D eigenvalue weighted by molar-refractivity contribution is 0.101. The molecule has 0 bridgehead atoms. The number of nitrogens with zero attached hydrogens (tertiary/aromatic N) is 2. The Balaban J connectivity index is 1.53. The van der Waals surface area contributed by atoms with Crippen molar-refractivity contribution >= 4 is 34.0 Å². The predicted octanol–water partition coefficient (Wildman–Crippen LogP) is 4.09. The fourth-order valence-electron chi connectivity index (χ4n) is 3.02. The molecule has 1 N–H and O–H groups in total. The first-order valence-electron chi connectivity index (χ1n) is 8.83. The molecular formula is C20H17ClFN3O3. The molecule has 2 aromatic heterocycles. The molecule has 28 heavy (non-hydrogen) atoms. The molecule has 1 aromatic carbocycles. The first kappa shape index (κ1) is 18.6. The maximum atomic E-state index is 13.8. The maximum Gasteiger partial charge on any atom is 0.277 e. The maximum absolute atomic E-state index is 13.8. The predicted molar refractivity (Wildman–Crippen MR) is 103 cm³/mol. The summed E-state index contributed by atoms with van der Waals surface area (Å²) in [6, 6.07) is 9.49. The number of rotatable bonds is 5. The monoisotopic (exact) mass is 401 g/mol. The Morgan fingerprint density at radius 1 is 1.32 bits per heavy atom. The second kappa shape index (κ2) is 8.08. The average molecular weight is 402 g/mol. The van der Waals surface area contributed by atoms with Crippen LogP contribution in [0.25, 0.3) is 10.8 Å². The van der Waals surface area contributed by atoms with Crippen molar-refractivity contribution in [3.05, 3.63) is 59.3 Å². The number of pyridine rings is 2. The van der Waals surface area contributed by atoms with E-state index in [0.717, 1.165) is 29.9 Å². The van der Waals surface area contributed by atoms with Crippen molar-refractivity contribution in [2.45, 2.75) is 6.42 Å². The topological polar surface area (TPSA) is 73.3 Å². The number of benzene rings is 1. The Morgan fingerprint density at radius 2 is 2.21 bits per heavy atom. The van der Waals surface area contributed by atoms with Crippen LogP contribution in [0.4, 0.5) is 10.1 Å². The minimum Gasteiger partial charge on any atom is -0.477 e. The van der Waals surface area contributed by atoms with Crippen LogP contribution in [-0.4, -0.2) is 35.7 Å². The van der Waals surface area contributed by atoms with Crippen LogP contribution in [0, 0.1) is 11.7 Å². The number of ether oxygens (including phenoxy) is 2. The summed E-state index contributed by atoms with van der Waals surface area (Å²) in [5, 5.41) is 4.35. The van der Waals surface area contributed by atoms with Crippen molar-refractivity contribution in [1.82, 2.24) is 9.97 Å². The van der Waals surface area contributed by atoms with Crippen LogP contribution in [0.2, 0.25) is 5.15 Å². The second-order valence-electron chi connectivity index (χ2n) is 6.51. The molecule has 3 heterocycles. The van der Waals surface area contributed by atoms with Crippen LogP contribution >= 0.6 is 11.6 Å². The van der Waals surface area contributed by atoms with Crippen molar-refractivity contribution in [2.24, 2.45) is 5.92 Å². The van der Waals surface area contributed by atoms with Gasteiger partial charge in [-0.2, -0.15) is 0 Å². The summed E-state index contributed by atoms with van der Waals surface area (Å²) in [6.45, 7) is 2.02. The lowest BCUT2D eigenvalue weighted by Gasteiger charge is -2.12. The van der Waals surface area contributed by atoms with Crippen molar-refractivity contribution in [3.8, 4) is 5.88 Å². The number of nitrogens with one attached hydrogen (secondary N) is 1. The third-order valence-corrected chi connectivity index (χ3v) is 4.70. The van der Waals surface area contributed by atoms with Gasteiger partial charge in [0.1, 0.15) is 5.15 Å². The van der Waals surface area contributed by atoms with Gasteiger partial charge in [-0.1, -0.05) is 11.6 Å². The van der Waals surface area contributed by atoms with Crippen LogP contribution in [0.15, 0.2) is 42.6 Å². The van der Waals surface area contributed by atoms with Crippen LogP contribution in [-0.2, 0) is 4.74 Å². The highest BCUT2D eigenvalue weighted by molar-refractivity contribution is 6.29. The molecule has 144 valence electrons. The van der Waals surface area contributed by atoms with Gasteiger partial charge >= 0.3 is 0 Å². The Kier molecular flexibility index (Phi) is 5.36. The number of hydrogen-bond acceptors (Lipinski definition) is 5. The van der Waals surface area contributed by atoms with Gasteiger partial charge in [0, 0.05) is 29.8 Å². The molecule has 3 aromatic rings. The normalized spacial score (nSPS) is 16.3. The number of fused-ring (bicyclic) bond motifs is 1. The van der Waals surface area contributed by atoms with Crippen LogP contribution in [0.3, 0.4) is 0 Å². The second-order valence-corrected chi connectivity index (χ2v) is 6.90. The van der Waals surface area contributed by atoms with Crippen molar-refractivity contribution in [2.75, 3.05) is 25.1 Å². The SMILES string of the molecule is O=C(Nc1ccc2c(OCC3CCOC3)nccc2c1)c1nc(Cl)ccc1F. The number of carbonyl (C=O) groups is 1. The molecule has 1 aliphatic heterocycles. The van der Waals surface area contributed by atoms with Crippen molar-refractivity contribution in [3.63, 3.8) is 0 Å². The summed E-state index contributed by atoms with van der Waals surface area (Å²) < 4.78 is 25.1. The van der Waals surface area contributed by atoms with Crippen LogP contribution < -0.4 is 10.1 Å². The van der Waals surface area contributed by atoms with Gasteiger partial charge in [0.05, 0.1) is 13.2 Å². The molecule has 1 fully saturated rings. The third-order valence-electron chi connectivity index (χ3n) is 4.49. The van der Waals surface area contributed by atoms with Crippen LogP contribution in [0.1, 0.15) is 16.9 Å². The fraction of sp³-hybridized carbons (Fsp3) is 0.250. The zero-order valence-corrected chi connectivity index (χ0v) is 15.6. The van der Waals surface area contributed by atoms with E-state index in [1.165, 1.54) is 6.07 Å². The number of amides is 1. The van der Waals surface area contributed by atoms with Gasteiger partial charge in [0.25, 0.3) is 5.91 Å². The summed E-state index contributed by atoms with van der Waals surface area (Å²) in [4.78, 5) is 20.4. The summed E-state index contributed by atoms with van der Waals surface area (Å²) in [5.41, 5.74) is 0.144. The Bertz CT molecular complexity index is 1020. The van der Waals surface area contributed by atoms with E-state index in [1.807, 2.05) is 6.07 Å². The highest BCUT2D eigenvalue weighted by Crippen LogP contribution is 2.27. The summed E-state index contributed by atoms with van der Waals surface area (Å²) in [5.74, 6) is -0.509. The standard InChI is InChI=1S/C20H17ClFN3O3/c21-17-4-3-16(22)18(25-17)19(26)24-14-1-2-15-13(9-14)5-7-23-20(15)28-11-12-6-8-27-10-12/h1-5,7,9,12H,6,8,10-11H2,(H,24,26). The quantitative estimate of drug-likeness (QED) is 0.652. The first-order valence-corrected chi connectivity index (χ1v) is 9.20. The van der Waals surface area contributed by atoms with E-state index in [0.29, 0.717) is 30.7 Å². The van der Waals surface area contributed by atoms with Gasteiger partial charge in [-0.25, -0.2) is 14.4 Å². The van der Waals surface area contributed by atoms with Gasteiger partial charge in [-0.3, -0.25) is 4.79 Å². The Morgan fingerprint density at radius 3 is 3.04 bits per heavy atom. The zero-order valence-electron chi connectivity index (χ0n) is 14.8. The number of anilines is 1. The molecule has 1 atom stereocenters. The molecule has 1 amide bonds. The molecule has 8 heteroatoms. The Labute approximate surface area is 165 Å². The molecule has 6 nitrogen and oxygen atoms in total. The third kappa shape index (κ3) is 4.05. The number of hydrogen-bond donors (Lipinski definition) is 1. The van der Waals surface area contributed by atoms with E-state index in [4.69, 9.17) is 21.1 Å². The zero-order chi connectivity index (χ0) is 19.5. The number of carbonyl (C=O) groups excluding carboxylic acids is 1. The molecule has 1 aliphatic rings. The van der Waals surface area contributed by atoms with Crippen LogP contribution in [0.5, 0.6) is 5.88 Å². The molecule has 0 saturated carbocycles. The molecule has 4 rings (SSSR count). The molecule has 0 spiro atoms. The van der Waals surface area contributed by atoms with E-state index < -0.39 is 11.7 Å². The van der Waals surface area contributed by atoms with Gasteiger partial charge < -0.3 is 14.8 Å². The lowest BCUT2D eigenvalue weighted by atomic mass is 10.1. The first-order chi connectivity index (χ1) is 13.6. The molecular weight excluding hydrogens is 385 g/mol. The minimum atomic E-state index is -0.738. The van der Waals surface area contributed by atoms with Crippen molar-refractivity contribution < 1.29 is 18.7 Å². The fourth-order valence-corrected chi connectivity index (χ4v) is 3.17. The van der Waals surface area contributed by atoms with Crippen molar-refractivity contribution in [1.29, 1.82) is 0 Å². The van der Waals surface area contributed by atoms with Gasteiger partial charge in [0.2, 0.25) is 5.88 Å². The molecule has 0 radical (unpaired) electrons. The average Bonchev–Trinajstić information content (AvgIpc) is 3.21. The van der Waals surface area contributed by atoms with E-state index in [-0.39, 0.29) is 10.8 Å². The Hall–Kier alpha value is -2.77. The number of aromatic nitrogens is 2. The highest BCUT2D eigenvalue weighted by atomic mass is 35.5. The smallest absolute Gasteiger partial charge is 0.277 e. The number of halogens is 2. The van der Waals surface area contributed by atoms with E-state index in [2.05, 4.69) is 15.3 Å². The molecule has 1 unspecified atom stereocenters. The highest BCUT2D eigenvalue weighted by Gasteiger charge is 2.18. The summed E-state index contributed by atoms with van der Waals surface area (Å²) in [7, 11) is 0. The lowest BCUT2D eigenvalue weighted by Crippen LogP contribution is -2.15. The van der Waals surface area contributed by atoms with E-state index >= 15 is 0 Å². The summed E-state index contributed by atoms with van der Waals surface area (Å²) in [6.07, 6.45) is 2.63. The van der Waals surface area contributed by atoms with E-state index in [1.54, 1.807) is 24.4 Å². The largest absolute Gasteiger partial charge is 0.477 e. The minimum absolute atomic E-state index is 0.0468. The van der Waals surface area contributed by atoms with Gasteiger partial charge in [-0.15, -0.1) is 0 Å². The van der Waals surface area contributed by atoms with Gasteiger partial charge in [0.15, 0.2) is 11.5 Å². The van der Waals surface area contributed by atoms with Gasteiger partial charge in [-0.05, 0) is 48.2 Å². The van der Waals surface area contributed by atoms with E-state index in [9.17, 15) is 9.18 Å².